The summed E-state index contributed by atoms with van der Waals surface area (Å²) in [6.45, 7) is 1.98. The van der Waals surface area contributed by atoms with Crippen molar-refractivity contribution in [2.45, 2.75) is 30.8 Å². The van der Waals surface area contributed by atoms with Gasteiger partial charge in [0.05, 0.1) is 16.4 Å². The van der Waals surface area contributed by atoms with Gasteiger partial charge in [0, 0.05) is 19.6 Å². The largest absolute Gasteiger partial charge is 0.326 e. The van der Waals surface area contributed by atoms with Crippen LogP contribution < -0.4 is 5.73 Å². The highest BCUT2D eigenvalue weighted by atomic mass is 32.2. The average Bonchev–Trinajstić information content (AvgIpc) is 2.78. The molecule has 1 unspecified atom stereocenters. The summed E-state index contributed by atoms with van der Waals surface area (Å²) < 4.78 is 49.7. The minimum absolute atomic E-state index is 0.0410. The summed E-state index contributed by atoms with van der Waals surface area (Å²) in [5, 5.41) is 0. The molecular formula is C13H20N2O4S2. The summed E-state index contributed by atoms with van der Waals surface area (Å²) in [6, 6.07) is 4.47. The quantitative estimate of drug-likeness (QED) is 0.853. The molecule has 1 aliphatic rings. The van der Waals surface area contributed by atoms with Crippen LogP contribution in [0.1, 0.15) is 17.5 Å². The van der Waals surface area contributed by atoms with Crippen LogP contribution in [-0.4, -0.2) is 45.7 Å². The fourth-order valence-corrected chi connectivity index (χ4v) is 6.09. The molecule has 1 fully saturated rings. The Labute approximate surface area is 125 Å². The van der Waals surface area contributed by atoms with Crippen LogP contribution in [0.4, 0.5) is 0 Å². The number of nitrogens with zero attached hydrogens (tertiary/aromatic N) is 1. The molecule has 8 heteroatoms. The van der Waals surface area contributed by atoms with Gasteiger partial charge in [0.1, 0.15) is 0 Å². The molecule has 0 saturated carbocycles. The lowest BCUT2D eigenvalue weighted by atomic mass is 10.1. The highest BCUT2D eigenvalue weighted by Gasteiger charge is 2.37. The van der Waals surface area contributed by atoms with Crippen molar-refractivity contribution in [3.05, 3.63) is 29.3 Å². The second kappa shape index (κ2) is 5.68. The Balaban J connectivity index is 2.39. The number of rotatable bonds is 4. The van der Waals surface area contributed by atoms with Crippen LogP contribution in [0.5, 0.6) is 0 Å². The van der Waals surface area contributed by atoms with Gasteiger partial charge < -0.3 is 5.73 Å². The summed E-state index contributed by atoms with van der Waals surface area (Å²) in [6.07, 6.45) is 0.341. The Morgan fingerprint density at radius 3 is 2.57 bits per heavy atom. The molecule has 1 aromatic rings. The third-order valence-corrected chi connectivity index (χ3v) is 7.80. The van der Waals surface area contributed by atoms with Gasteiger partial charge in [0.2, 0.25) is 10.0 Å². The van der Waals surface area contributed by atoms with E-state index in [4.69, 9.17) is 5.73 Å². The van der Waals surface area contributed by atoms with Gasteiger partial charge in [0.25, 0.3) is 0 Å². The summed E-state index contributed by atoms with van der Waals surface area (Å²) in [4.78, 5) is 0.192. The Hall–Kier alpha value is -0.960. The van der Waals surface area contributed by atoms with Crippen LogP contribution in [0, 0.1) is 6.92 Å². The molecule has 6 nitrogen and oxygen atoms in total. The van der Waals surface area contributed by atoms with Gasteiger partial charge in [-0.3, -0.25) is 0 Å². The van der Waals surface area contributed by atoms with E-state index < -0.39 is 25.9 Å². The highest BCUT2D eigenvalue weighted by molar-refractivity contribution is 7.92. The van der Waals surface area contributed by atoms with E-state index >= 15 is 0 Å². The van der Waals surface area contributed by atoms with Crippen molar-refractivity contribution in [3.63, 3.8) is 0 Å². The highest BCUT2D eigenvalue weighted by Crippen LogP contribution is 2.26. The number of sulfonamides is 1. The number of benzene rings is 1. The standard InChI is InChI=1S/C13H20N2O4S2/c1-10-11(8-14)4-3-5-13(10)21(18,19)15(2)12-6-7-20(16,17)9-12/h3-5,12H,6-9,14H2,1-2H3. The molecule has 0 aliphatic carbocycles. The maximum Gasteiger partial charge on any atom is 0.243 e. The first-order valence-corrected chi connectivity index (χ1v) is 9.92. The van der Waals surface area contributed by atoms with E-state index in [0.29, 0.717) is 12.0 Å². The SMILES string of the molecule is Cc1c(CN)cccc1S(=O)(=O)N(C)C1CCS(=O)(=O)C1. The molecule has 0 spiro atoms. The van der Waals surface area contributed by atoms with E-state index in [0.717, 1.165) is 5.56 Å². The van der Waals surface area contributed by atoms with Gasteiger partial charge in [-0.15, -0.1) is 0 Å². The lowest BCUT2D eigenvalue weighted by Crippen LogP contribution is -2.38. The van der Waals surface area contributed by atoms with Gasteiger partial charge in [-0.2, -0.15) is 4.31 Å². The van der Waals surface area contributed by atoms with Gasteiger partial charge in [0.15, 0.2) is 9.84 Å². The van der Waals surface area contributed by atoms with E-state index in [9.17, 15) is 16.8 Å². The fraction of sp³-hybridized carbons (Fsp3) is 0.538. The van der Waals surface area contributed by atoms with Crippen molar-refractivity contribution in [1.82, 2.24) is 4.31 Å². The maximum atomic E-state index is 12.7. The van der Waals surface area contributed by atoms with Crippen LogP contribution in [0.2, 0.25) is 0 Å². The number of hydrogen-bond donors (Lipinski definition) is 1. The second-order valence-corrected chi connectivity index (χ2v) is 9.52. The fourth-order valence-electron chi connectivity index (χ4n) is 2.57. The summed E-state index contributed by atoms with van der Waals surface area (Å²) >= 11 is 0. The monoisotopic (exact) mass is 332 g/mol. The third kappa shape index (κ3) is 3.13. The van der Waals surface area contributed by atoms with Crippen molar-refractivity contribution >= 4 is 19.9 Å². The van der Waals surface area contributed by atoms with E-state index in [2.05, 4.69) is 0 Å². The first-order chi connectivity index (χ1) is 9.69. The predicted octanol–water partition coefficient (Wildman–Crippen LogP) is 0.261. The molecule has 0 aromatic heterocycles. The number of hydrogen-bond acceptors (Lipinski definition) is 5. The van der Waals surface area contributed by atoms with E-state index in [1.807, 2.05) is 0 Å². The molecule has 21 heavy (non-hydrogen) atoms. The van der Waals surface area contributed by atoms with Gasteiger partial charge in [-0.25, -0.2) is 16.8 Å². The first kappa shape index (κ1) is 16.4. The molecule has 2 N–H and O–H groups in total. The zero-order valence-corrected chi connectivity index (χ0v) is 13.7. The van der Waals surface area contributed by atoms with Crippen molar-refractivity contribution < 1.29 is 16.8 Å². The van der Waals surface area contributed by atoms with Crippen LogP contribution in [-0.2, 0) is 26.4 Å². The van der Waals surface area contributed by atoms with E-state index in [-0.39, 0.29) is 22.9 Å². The molecule has 0 bridgehead atoms. The minimum atomic E-state index is -3.72. The normalized spacial score (nSPS) is 21.8. The lowest BCUT2D eigenvalue weighted by Gasteiger charge is -2.24. The van der Waals surface area contributed by atoms with Gasteiger partial charge >= 0.3 is 0 Å². The molecule has 118 valence electrons. The third-order valence-electron chi connectivity index (χ3n) is 4.00. The van der Waals surface area contributed by atoms with Crippen LogP contribution in [0.3, 0.4) is 0 Å². The number of sulfone groups is 1. The second-order valence-electron chi connectivity index (χ2n) is 5.32. The zero-order valence-electron chi connectivity index (χ0n) is 12.1. The van der Waals surface area contributed by atoms with Crippen LogP contribution in [0.25, 0.3) is 0 Å². The van der Waals surface area contributed by atoms with Gasteiger partial charge in [-0.05, 0) is 30.5 Å². The molecule has 1 aliphatic heterocycles. The molecule has 2 rings (SSSR count). The Bertz CT molecular complexity index is 741. The minimum Gasteiger partial charge on any atom is -0.326 e. The molecule has 1 aromatic carbocycles. The average molecular weight is 332 g/mol. The number of nitrogens with two attached hydrogens (primary N) is 1. The summed E-state index contributed by atoms with van der Waals surface area (Å²) in [7, 11) is -5.41. The Kier molecular flexibility index (Phi) is 4.44. The molecule has 1 saturated heterocycles. The predicted molar refractivity (Wildman–Crippen MR) is 81.1 cm³/mol. The molecule has 1 atom stereocenters. The first-order valence-electron chi connectivity index (χ1n) is 6.66. The topological polar surface area (TPSA) is 97.5 Å². The Morgan fingerprint density at radius 1 is 1.38 bits per heavy atom. The van der Waals surface area contributed by atoms with Crippen molar-refractivity contribution in [2.24, 2.45) is 5.73 Å². The van der Waals surface area contributed by atoms with E-state index in [1.54, 1.807) is 19.1 Å². The molecule has 1 heterocycles. The van der Waals surface area contributed by atoms with Crippen molar-refractivity contribution in [3.8, 4) is 0 Å². The molecule has 0 radical (unpaired) electrons. The Morgan fingerprint density at radius 2 is 2.05 bits per heavy atom. The van der Waals surface area contributed by atoms with Gasteiger partial charge in [-0.1, -0.05) is 12.1 Å². The van der Waals surface area contributed by atoms with Crippen LogP contribution >= 0.6 is 0 Å². The zero-order chi connectivity index (χ0) is 15.8. The van der Waals surface area contributed by atoms with Crippen LogP contribution in [0.15, 0.2) is 23.1 Å². The lowest BCUT2D eigenvalue weighted by molar-refractivity contribution is 0.393. The summed E-state index contributed by atoms with van der Waals surface area (Å²) in [5.74, 6) is -0.0717. The smallest absolute Gasteiger partial charge is 0.243 e. The molecular weight excluding hydrogens is 312 g/mol. The summed E-state index contributed by atoms with van der Waals surface area (Å²) in [5.41, 5.74) is 6.99. The van der Waals surface area contributed by atoms with Crippen molar-refractivity contribution in [2.75, 3.05) is 18.6 Å². The molecule has 0 amide bonds. The maximum absolute atomic E-state index is 12.7. The van der Waals surface area contributed by atoms with E-state index in [1.165, 1.54) is 17.4 Å². The van der Waals surface area contributed by atoms with Crippen molar-refractivity contribution in [1.29, 1.82) is 0 Å².